The molecule has 3 N–H and O–H groups in total. The van der Waals surface area contributed by atoms with Crippen LogP contribution >= 0.6 is 0 Å². The normalized spacial score (nSPS) is 11.3. The van der Waals surface area contributed by atoms with Gasteiger partial charge < -0.3 is 20.2 Å². The molecule has 0 amide bonds. The highest BCUT2D eigenvalue weighted by Crippen LogP contribution is 2.31. The highest BCUT2D eigenvalue weighted by Gasteiger charge is 2.22. The fraction of sp³-hybridized carbons (Fsp3) is 0.111. The number of nitrogens with one attached hydrogen (secondary N) is 1. The lowest BCUT2D eigenvalue weighted by Crippen LogP contribution is -2.10. The number of rotatable bonds is 8. The van der Waals surface area contributed by atoms with E-state index in [1.165, 1.54) is 48.7 Å². The Bertz CT molecular complexity index is 1640. The van der Waals surface area contributed by atoms with Crippen molar-refractivity contribution in [2.45, 2.75) is 13.3 Å². The molecule has 194 valence electrons. The summed E-state index contributed by atoms with van der Waals surface area (Å²) in [6, 6.07) is 14.5. The van der Waals surface area contributed by atoms with Crippen LogP contribution in [0.15, 0.2) is 66.9 Å². The minimum Gasteiger partial charge on any atom is -0.488 e. The van der Waals surface area contributed by atoms with E-state index in [4.69, 9.17) is 15.2 Å². The van der Waals surface area contributed by atoms with Crippen molar-refractivity contribution in [3.63, 3.8) is 0 Å². The molecule has 0 bridgehead atoms. The number of para-hydroxylation sites is 1. The molecule has 0 aliphatic heterocycles. The Hall–Kier alpha value is -4.80. The van der Waals surface area contributed by atoms with Crippen LogP contribution in [0.2, 0.25) is 0 Å². The Balaban J connectivity index is 1.42. The average molecular weight is 524 g/mol. The summed E-state index contributed by atoms with van der Waals surface area (Å²) in [7, 11) is 0. The number of ether oxygens (including phenoxy) is 2. The standard InChI is InChI=1S/C27H20F4N4O3/c1-14-8-17(38-23-5-3-2-4-19(23)28)11-20(29)25(14)35-27(32)18(12-33-35)26(36)22-10-15-9-16(37-13-24(30)31)6-7-21(15)34-22/h2-12,24,34H,13,32H2,1H3. The van der Waals surface area contributed by atoms with E-state index in [2.05, 4.69) is 10.1 Å². The predicted molar refractivity (Wildman–Crippen MR) is 132 cm³/mol. The smallest absolute Gasteiger partial charge is 0.272 e. The Morgan fingerprint density at radius 1 is 1.05 bits per heavy atom. The zero-order chi connectivity index (χ0) is 27.0. The van der Waals surface area contributed by atoms with Gasteiger partial charge in [-0.1, -0.05) is 12.1 Å². The maximum atomic E-state index is 15.2. The number of aromatic amines is 1. The van der Waals surface area contributed by atoms with Crippen LogP contribution in [0, 0.1) is 18.6 Å². The fourth-order valence-electron chi connectivity index (χ4n) is 4.02. The molecule has 2 heterocycles. The molecule has 0 saturated carbocycles. The van der Waals surface area contributed by atoms with Crippen molar-refractivity contribution in [2.75, 3.05) is 12.3 Å². The molecule has 0 aliphatic rings. The monoisotopic (exact) mass is 524 g/mol. The van der Waals surface area contributed by atoms with E-state index >= 15 is 4.39 Å². The number of benzene rings is 3. The van der Waals surface area contributed by atoms with Gasteiger partial charge in [-0.2, -0.15) is 5.10 Å². The minimum atomic E-state index is -2.61. The Kier molecular flexibility index (Phi) is 6.50. The highest BCUT2D eigenvalue weighted by molar-refractivity contribution is 6.12. The fourth-order valence-corrected chi connectivity index (χ4v) is 4.02. The van der Waals surface area contributed by atoms with E-state index in [0.29, 0.717) is 16.5 Å². The number of ketones is 1. The van der Waals surface area contributed by atoms with Crippen LogP contribution in [-0.4, -0.2) is 33.6 Å². The van der Waals surface area contributed by atoms with Gasteiger partial charge in [0.2, 0.25) is 5.78 Å². The summed E-state index contributed by atoms with van der Waals surface area (Å²) in [4.78, 5) is 16.1. The number of nitrogen functional groups attached to an aromatic ring is 1. The number of fused-ring (bicyclic) bond motifs is 1. The molecule has 7 nitrogen and oxygen atoms in total. The number of halogens is 4. The molecule has 0 atom stereocenters. The molecule has 5 aromatic rings. The summed E-state index contributed by atoms with van der Waals surface area (Å²) in [5.41, 5.74) is 7.36. The topological polar surface area (TPSA) is 95.2 Å². The summed E-state index contributed by atoms with van der Waals surface area (Å²) in [5.74, 6) is -1.69. The van der Waals surface area contributed by atoms with Crippen molar-refractivity contribution in [1.29, 1.82) is 0 Å². The summed E-state index contributed by atoms with van der Waals surface area (Å²) in [6.07, 6.45) is -1.39. The maximum Gasteiger partial charge on any atom is 0.272 e. The van der Waals surface area contributed by atoms with E-state index in [-0.39, 0.29) is 40.0 Å². The van der Waals surface area contributed by atoms with Gasteiger partial charge in [0.25, 0.3) is 6.43 Å². The molecule has 3 aromatic carbocycles. The molecule has 0 fully saturated rings. The number of anilines is 1. The minimum absolute atomic E-state index is 0.0000916. The van der Waals surface area contributed by atoms with E-state index in [1.807, 2.05) is 0 Å². The zero-order valence-electron chi connectivity index (χ0n) is 19.8. The highest BCUT2D eigenvalue weighted by atomic mass is 19.3. The molecule has 38 heavy (non-hydrogen) atoms. The molecule has 11 heteroatoms. The van der Waals surface area contributed by atoms with Crippen molar-refractivity contribution < 1.29 is 31.8 Å². The van der Waals surface area contributed by atoms with Crippen molar-refractivity contribution in [3.8, 4) is 22.9 Å². The second-order valence-corrected chi connectivity index (χ2v) is 8.42. The third-order valence-corrected chi connectivity index (χ3v) is 5.77. The van der Waals surface area contributed by atoms with Crippen molar-refractivity contribution in [1.82, 2.24) is 14.8 Å². The van der Waals surface area contributed by atoms with Crippen LogP contribution in [0.3, 0.4) is 0 Å². The number of aryl methyl sites for hydroxylation is 1. The number of aromatic nitrogens is 3. The lowest BCUT2D eigenvalue weighted by molar-refractivity contribution is 0.0819. The summed E-state index contributed by atoms with van der Waals surface area (Å²) in [5, 5.41) is 4.68. The lowest BCUT2D eigenvalue weighted by atomic mass is 10.1. The van der Waals surface area contributed by atoms with E-state index in [0.717, 1.165) is 10.7 Å². The number of carbonyl (C=O) groups is 1. The third-order valence-electron chi connectivity index (χ3n) is 5.77. The number of hydrogen-bond acceptors (Lipinski definition) is 5. The first kappa shape index (κ1) is 24.9. The number of H-pyrrole nitrogens is 1. The first-order valence-electron chi connectivity index (χ1n) is 11.4. The van der Waals surface area contributed by atoms with Crippen LogP contribution in [0.25, 0.3) is 16.6 Å². The summed E-state index contributed by atoms with van der Waals surface area (Å²) in [6.45, 7) is 0.851. The van der Waals surface area contributed by atoms with Crippen LogP contribution in [0.4, 0.5) is 23.4 Å². The molecular weight excluding hydrogens is 504 g/mol. The number of nitrogens with two attached hydrogens (primary N) is 1. The molecule has 2 aromatic heterocycles. The van der Waals surface area contributed by atoms with Crippen molar-refractivity contribution >= 4 is 22.5 Å². The SMILES string of the molecule is Cc1cc(Oc2ccccc2F)cc(F)c1-n1ncc(C(=O)c2cc3cc(OCC(F)F)ccc3[nH]2)c1N. The molecular formula is C27H20F4N4O3. The zero-order valence-corrected chi connectivity index (χ0v) is 19.8. The molecule has 0 aliphatic carbocycles. The second kappa shape index (κ2) is 9.92. The quantitative estimate of drug-likeness (QED) is 0.186. The second-order valence-electron chi connectivity index (χ2n) is 8.42. The van der Waals surface area contributed by atoms with Gasteiger partial charge in [0.15, 0.2) is 17.4 Å². The number of hydrogen-bond donors (Lipinski definition) is 2. The van der Waals surface area contributed by atoms with Gasteiger partial charge in [-0.25, -0.2) is 22.2 Å². The number of nitrogens with zero attached hydrogens (tertiary/aromatic N) is 2. The van der Waals surface area contributed by atoms with Gasteiger partial charge in [-0.05, 0) is 55.0 Å². The largest absolute Gasteiger partial charge is 0.488 e. The third kappa shape index (κ3) is 4.77. The van der Waals surface area contributed by atoms with Crippen LogP contribution < -0.4 is 15.2 Å². The lowest BCUT2D eigenvalue weighted by Gasteiger charge is -2.13. The van der Waals surface area contributed by atoms with Crippen LogP contribution in [0.1, 0.15) is 21.6 Å². The maximum absolute atomic E-state index is 15.2. The average Bonchev–Trinajstić information content (AvgIpc) is 3.47. The van der Waals surface area contributed by atoms with Gasteiger partial charge in [0.05, 0.1) is 17.5 Å². The Labute approximate surface area is 213 Å². The van der Waals surface area contributed by atoms with Gasteiger partial charge in [-0.15, -0.1) is 0 Å². The predicted octanol–water partition coefficient (Wildman–Crippen LogP) is 6.19. The molecule has 5 rings (SSSR count). The molecule has 0 saturated heterocycles. The first-order chi connectivity index (χ1) is 18.2. The first-order valence-corrected chi connectivity index (χ1v) is 11.4. The van der Waals surface area contributed by atoms with Gasteiger partial charge >= 0.3 is 0 Å². The van der Waals surface area contributed by atoms with Gasteiger partial charge in [-0.3, -0.25) is 4.79 Å². The number of alkyl halides is 2. The van der Waals surface area contributed by atoms with E-state index < -0.39 is 30.5 Å². The van der Waals surface area contributed by atoms with Crippen molar-refractivity contribution in [3.05, 3.63) is 95.3 Å². The number of carbonyl (C=O) groups excluding carboxylic acids is 1. The van der Waals surface area contributed by atoms with E-state index in [1.54, 1.807) is 19.1 Å². The Morgan fingerprint density at radius 3 is 2.58 bits per heavy atom. The summed E-state index contributed by atoms with van der Waals surface area (Å²) >= 11 is 0. The van der Waals surface area contributed by atoms with Gasteiger partial charge in [0.1, 0.15) is 29.6 Å². The molecule has 0 unspecified atom stereocenters. The van der Waals surface area contributed by atoms with Crippen LogP contribution in [-0.2, 0) is 0 Å². The Morgan fingerprint density at radius 2 is 1.84 bits per heavy atom. The van der Waals surface area contributed by atoms with Crippen molar-refractivity contribution in [2.24, 2.45) is 0 Å². The summed E-state index contributed by atoms with van der Waals surface area (Å²) < 4.78 is 65.5. The molecule has 0 radical (unpaired) electrons. The molecule has 0 spiro atoms. The van der Waals surface area contributed by atoms with Gasteiger partial charge in [0, 0.05) is 17.0 Å². The van der Waals surface area contributed by atoms with Crippen LogP contribution in [0.5, 0.6) is 17.2 Å². The van der Waals surface area contributed by atoms with E-state index in [9.17, 15) is 18.0 Å².